The van der Waals surface area contributed by atoms with Crippen molar-refractivity contribution in [2.45, 2.75) is 27.1 Å². The SMILES string of the molecule is CCOC(OCC)c1cn(-c2cc(Br)c(F)cc2C)nn1. The van der Waals surface area contributed by atoms with Crippen molar-refractivity contribution in [1.29, 1.82) is 0 Å². The van der Waals surface area contributed by atoms with Crippen molar-refractivity contribution in [2.75, 3.05) is 13.2 Å². The molecule has 0 saturated carbocycles. The number of benzene rings is 1. The van der Waals surface area contributed by atoms with Gasteiger partial charge in [-0.1, -0.05) is 5.21 Å². The maximum atomic E-state index is 13.5. The Morgan fingerprint density at radius 2 is 1.95 bits per heavy atom. The van der Waals surface area contributed by atoms with E-state index in [2.05, 4.69) is 26.2 Å². The predicted octanol–water partition coefficient (Wildman–Crippen LogP) is 3.55. The van der Waals surface area contributed by atoms with Crippen LogP contribution in [0.3, 0.4) is 0 Å². The van der Waals surface area contributed by atoms with Crippen molar-refractivity contribution < 1.29 is 13.9 Å². The first-order valence-electron chi connectivity index (χ1n) is 6.68. The molecule has 114 valence electrons. The van der Waals surface area contributed by atoms with Gasteiger partial charge in [-0.25, -0.2) is 9.07 Å². The third kappa shape index (κ3) is 3.66. The lowest BCUT2D eigenvalue weighted by Gasteiger charge is -2.13. The summed E-state index contributed by atoms with van der Waals surface area (Å²) in [5, 5.41) is 8.14. The second kappa shape index (κ2) is 7.11. The number of ether oxygens (including phenoxy) is 2. The Kier molecular flexibility index (Phi) is 5.44. The largest absolute Gasteiger partial charge is 0.347 e. The molecule has 0 unspecified atom stereocenters. The molecule has 0 bridgehead atoms. The molecule has 1 aromatic carbocycles. The van der Waals surface area contributed by atoms with Crippen molar-refractivity contribution in [1.82, 2.24) is 15.0 Å². The molecule has 0 N–H and O–H groups in total. The van der Waals surface area contributed by atoms with Crippen LogP contribution in [0.1, 0.15) is 31.4 Å². The van der Waals surface area contributed by atoms with Crippen LogP contribution in [0.15, 0.2) is 22.8 Å². The fourth-order valence-electron chi connectivity index (χ4n) is 1.91. The molecule has 1 aromatic heterocycles. The van der Waals surface area contributed by atoms with Crippen LogP contribution in [0.2, 0.25) is 0 Å². The van der Waals surface area contributed by atoms with Crippen LogP contribution in [-0.2, 0) is 9.47 Å². The van der Waals surface area contributed by atoms with E-state index < -0.39 is 6.29 Å². The van der Waals surface area contributed by atoms with E-state index in [-0.39, 0.29) is 5.82 Å². The van der Waals surface area contributed by atoms with E-state index in [1.54, 1.807) is 16.9 Å². The molecule has 5 nitrogen and oxygen atoms in total. The van der Waals surface area contributed by atoms with Crippen LogP contribution < -0.4 is 0 Å². The number of rotatable bonds is 6. The maximum absolute atomic E-state index is 13.5. The van der Waals surface area contributed by atoms with Gasteiger partial charge in [-0.3, -0.25) is 0 Å². The molecule has 0 aliphatic heterocycles. The van der Waals surface area contributed by atoms with Gasteiger partial charge in [0.1, 0.15) is 11.5 Å². The Hall–Kier alpha value is -1.31. The summed E-state index contributed by atoms with van der Waals surface area (Å²) in [6.45, 7) is 6.61. The van der Waals surface area contributed by atoms with Gasteiger partial charge in [-0.2, -0.15) is 0 Å². The van der Waals surface area contributed by atoms with Crippen LogP contribution >= 0.6 is 15.9 Å². The number of aromatic nitrogens is 3. The molecule has 21 heavy (non-hydrogen) atoms. The van der Waals surface area contributed by atoms with Gasteiger partial charge < -0.3 is 9.47 Å². The minimum absolute atomic E-state index is 0.307. The number of hydrogen-bond acceptors (Lipinski definition) is 4. The molecular formula is C14H17BrFN3O2. The predicted molar refractivity (Wildman–Crippen MR) is 79.7 cm³/mol. The van der Waals surface area contributed by atoms with Gasteiger partial charge in [0.05, 0.1) is 16.4 Å². The van der Waals surface area contributed by atoms with Gasteiger partial charge >= 0.3 is 0 Å². The molecule has 1 heterocycles. The second-order valence-electron chi connectivity index (χ2n) is 4.38. The van der Waals surface area contributed by atoms with E-state index in [1.165, 1.54) is 6.07 Å². The molecule has 0 saturated heterocycles. The standard InChI is InChI=1S/C14H17BrFN3O2/c1-4-20-14(21-5-2)12-8-19(18-17-12)13-7-10(15)11(16)6-9(13)3/h6-8,14H,4-5H2,1-3H3. The van der Waals surface area contributed by atoms with Crippen molar-refractivity contribution in [3.8, 4) is 5.69 Å². The van der Waals surface area contributed by atoms with Crippen LogP contribution in [0.4, 0.5) is 4.39 Å². The van der Waals surface area contributed by atoms with Crippen LogP contribution in [0.25, 0.3) is 5.69 Å². The second-order valence-corrected chi connectivity index (χ2v) is 5.24. The lowest BCUT2D eigenvalue weighted by Crippen LogP contribution is -2.09. The Labute approximate surface area is 131 Å². The zero-order chi connectivity index (χ0) is 15.4. The lowest BCUT2D eigenvalue weighted by atomic mass is 10.2. The first-order chi connectivity index (χ1) is 10.1. The van der Waals surface area contributed by atoms with E-state index in [0.717, 1.165) is 11.3 Å². The first kappa shape index (κ1) is 16.1. The molecular weight excluding hydrogens is 341 g/mol. The average Bonchev–Trinajstić information content (AvgIpc) is 2.92. The Bertz CT molecular complexity index is 612. The summed E-state index contributed by atoms with van der Waals surface area (Å²) in [6.07, 6.45) is 1.18. The first-order valence-corrected chi connectivity index (χ1v) is 7.47. The van der Waals surface area contributed by atoms with E-state index in [0.29, 0.717) is 23.4 Å². The summed E-state index contributed by atoms with van der Waals surface area (Å²) < 4.78 is 26.4. The van der Waals surface area contributed by atoms with Gasteiger partial charge in [-0.05, 0) is 54.4 Å². The Balaban J connectivity index is 2.33. The highest BCUT2D eigenvalue weighted by Crippen LogP contribution is 2.24. The van der Waals surface area contributed by atoms with E-state index in [1.807, 2.05) is 20.8 Å². The highest BCUT2D eigenvalue weighted by atomic mass is 79.9. The smallest absolute Gasteiger partial charge is 0.204 e. The average molecular weight is 358 g/mol. The number of nitrogens with zero attached hydrogens (tertiary/aromatic N) is 3. The Morgan fingerprint density at radius 3 is 2.57 bits per heavy atom. The molecule has 0 atom stereocenters. The minimum Gasteiger partial charge on any atom is -0.347 e. The molecule has 7 heteroatoms. The highest BCUT2D eigenvalue weighted by molar-refractivity contribution is 9.10. The quantitative estimate of drug-likeness (QED) is 0.741. The molecule has 0 amide bonds. The fourth-order valence-corrected chi connectivity index (χ4v) is 2.24. The monoisotopic (exact) mass is 357 g/mol. The van der Waals surface area contributed by atoms with E-state index >= 15 is 0 Å². The maximum Gasteiger partial charge on any atom is 0.204 e. The van der Waals surface area contributed by atoms with Crippen LogP contribution in [0.5, 0.6) is 0 Å². The van der Waals surface area contributed by atoms with E-state index in [9.17, 15) is 4.39 Å². The summed E-state index contributed by atoms with van der Waals surface area (Å²) in [7, 11) is 0. The summed E-state index contributed by atoms with van der Waals surface area (Å²) in [5.41, 5.74) is 2.09. The molecule has 2 aromatic rings. The highest BCUT2D eigenvalue weighted by Gasteiger charge is 2.17. The van der Waals surface area contributed by atoms with Gasteiger partial charge in [0.2, 0.25) is 6.29 Å². The molecule has 0 aliphatic rings. The summed E-state index contributed by atoms with van der Waals surface area (Å²) in [5.74, 6) is -0.307. The van der Waals surface area contributed by atoms with Crippen molar-refractivity contribution in [2.24, 2.45) is 0 Å². The lowest BCUT2D eigenvalue weighted by molar-refractivity contribution is -0.142. The third-order valence-corrected chi connectivity index (χ3v) is 3.48. The van der Waals surface area contributed by atoms with Crippen molar-refractivity contribution in [3.63, 3.8) is 0 Å². The minimum atomic E-state index is -0.544. The number of hydrogen-bond donors (Lipinski definition) is 0. The Morgan fingerprint density at radius 1 is 1.29 bits per heavy atom. The number of halogens is 2. The summed E-state index contributed by atoms with van der Waals surface area (Å²) >= 11 is 3.18. The van der Waals surface area contributed by atoms with Crippen LogP contribution in [0, 0.1) is 12.7 Å². The van der Waals surface area contributed by atoms with Gasteiger partial charge in [-0.15, -0.1) is 5.10 Å². The third-order valence-electron chi connectivity index (χ3n) is 2.87. The van der Waals surface area contributed by atoms with Gasteiger partial charge in [0.25, 0.3) is 0 Å². The molecule has 0 aliphatic carbocycles. The normalized spacial score (nSPS) is 11.3. The van der Waals surface area contributed by atoms with Gasteiger partial charge in [0, 0.05) is 13.2 Å². The molecule has 2 rings (SSSR count). The molecule has 0 spiro atoms. The summed E-state index contributed by atoms with van der Waals surface area (Å²) in [4.78, 5) is 0. The number of aryl methyl sites for hydroxylation is 1. The van der Waals surface area contributed by atoms with Crippen LogP contribution in [-0.4, -0.2) is 28.2 Å². The van der Waals surface area contributed by atoms with Crippen molar-refractivity contribution >= 4 is 15.9 Å². The van der Waals surface area contributed by atoms with Gasteiger partial charge in [0.15, 0.2) is 0 Å². The van der Waals surface area contributed by atoms with E-state index in [4.69, 9.17) is 9.47 Å². The topological polar surface area (TPSA) is 49.2 Å². The molecule has 0 fully saturated rings. The fraction of sp³-hybridized carbons (Fsp3) is 0.429. The molecule has 0 radical (unpaired) electrons. The zero-order valence-corrected chi connectivity index (χ0v) is 13.7. The summed E-state index contributed by atoms with van der Waals surface area (Å²) in [6, 6.07) is 3.11. The van der Waals surface area contributed by atoms with Crippen molar-refractivity contribution in [3.05, 3.63) is 39.9 Å². The zero-order valence-electron chi connectivity index (χ0n) is 12.1.